The van der Waals surface area contributed by atoms with Crippen LogP contribution in [0.15, 0.2) is 78.9 Å². The van der Waals surface area contributed by atoms with Gasteiger partial charge in [0.1, 0.15) is 0 Å². The van der Waals surface area contributed by atoms with E-state index in [1.165, 1.54) is 39.8 Å². The van der Waals surface area contributed by atoms with Crippen molar-refractivity contribution in [3.63, 3.8) is 0 Å². The summed E-state index contributed by atoms with van der Waals surface area (Å²) in [6, 6.07) is 25.3. The van der Waals surface area contributed by atoms with Gasteiger partial charge in [0.2, 0.25) is 0 Å². The number of rotatable bonds is 1. The molecule has 0 aromatic heterocycles. The third kappa shape index (κ3) is 2.02. The van der Waals surface area contributed by atoms with Crippen LogP contribution in [0.4, 0.5) is 0 Å². The van der Waals surface area contributed by atoms with Crippen LogP contribution in [0.3, 0.4) is 0 Å². The molecular weight excluding hydrogens is 320 g/mol. The zero-order valence-corrected chi connectivity index (χ0v) is 14.3. The molecule has 0 amide bonds. The smallest absolute Gasteiger partial charge is 0.331 e. The van der Waals surface area contributed by atoms with Crippen molar-refractivity contribution in [2.45, 2.75) is 0 Å². The van der Waals surface area contributed by atoms with Gasteiger partial charge in [-0.25, -0.2) is 4.79 Å². The number of benzene rings is 4. The van der Waals surface area contributed by atoms with Gasteiger partial charge in [0.25, 0.3) is 0 Å². The van der Waals surface area contributed by atoms with Crippen molar-refractivity contribution < 1.29 is 9.53 Å². The van der Waals surface area contributed by atoms with Crippen molar-refractivity contribution in [1.82, 2.24) is 0 Å². The van der Waals surface area contributed by atoms with Gasteiger partial charge in [0.15, 0.2) is 0 Å². The minimum Gasteiger partial charge on any atom is -0.466 e. The Morgan fingerprint density at radius 2 is 1.23 bits per heavy atom. The van der Waals surface area contributed by atoms with E-state index in [9.17, 15) is 4.79 Å². The van der Waals surface area contributed by atoms with Crippen LogP contribution >= 0.6 is 0 Å². The molecular formula is C24H16O2. The predicted octanol–water partition coefficient (Wildman–Crippen LogP) is 5.58. The van der Waals surface area contributed by atoms with Crippen LogP contribution in [0, 0.1) is 0 Å². The highest BCUT2D eigenvalue weighted by Crippen LogP contribution is 2.50. The Labute approximate surface area is 151 Å². The topological polar surface area (TPSA) is 26.3 Å². The van der Waals surface area contributed by atoms with Crippen LogP contribution in [-0.2, 0) is 9.53 Å². The van der Waals surface area contributed by atoms with Gasteiger partial charge in [0.05, 0.1) is 7.11 Å². The van der Waals surface area contributed by atoms with Gasteiger partial charge >= 0.3 is 5.97 Å². The molecule has 4 aromatic rings. The molecule has 0 atom stereocenters. The number of ether oxygens (including phenoxy) is 1. The summed E-state index contributed by atoms with van der Waals surface area (Å²) in [5.41, 5.74) is 5.49. The first-order valence-corrected chi connectivity index (χ1v) is 8.62. The van der Waals surface area contributed by atoms with Crippen molar-refractivity contribution in [1.29, 1.82) is 0 Å². The van der Waals surface area contributed by atoms with Crippen molar-refractivity contribution in [2.24, 2.45) is 0 Å². The van der Waals surface area contributed by atoms with E-state index in [4.69, 9.17) is 4.74 Å². The van der Waals surface area contributed by atoms with Gasteiger partial charge in [-0.15, -0.1) is 0 Å². The quantitative estimate of drug-likeness (QED) is 0.295. The first kappa shape index (κ1) is 14.9. The van der Waals surface area contributed by atoms with E-state index in [1.54, 1.807) is 6.08 Å². The average molecular weight is 336 g/mol. The van der Waals surface area contributed by atoms with E-state index in [2.05, 4.69) is 72.8 Å². The number of hydrogen-bond acceptors (Lipinski definition) is 2. The lowest BCUT2D eigenvalue weighted by Crippen LogP contribution is -1.96. The maximum absolute atomic E-state index is 12.0. The Bertz CT molecular complexity index is 1140. The van der Waals surface area contributed by atoms with E-state index in [-0.39, 0.29) is 5.97 Å². The summed E-state index contributed by atoms with van der Waals surface area (Å²) in [7, 11) is 1.41. The fourth-order valence-corrected chi connectivity index (χ4v) is 4.01. The second-order valence-electron chi connectivity index (χ2n) is 6.50. The Hall–Kier alpha value is -3.39. The zero-order chi connectivity index (χ0) is 17.7. The third-order valence-corrected chi connectivity index (χ3v) is 5.15. The summed E-state index contributed by atoms with van der Waals surface area (Å²) in [5.74, 6) is -0.333. The van der Waals surface area contributed by atoms with E-state index < -0.39 is 0 Å². The van der Waals surface area contributed by atoms with E-state index in [1.807, 2.05) is 0 Å². The molecule has 5 rings (SSSR count). The molecule has 1 aliphatic rings. The highest BCUT2D eigenvalue weighted by Gasteiger charge is 2.27. The SMILES string of the molecule is COC(=O)C=C1c2ccc3ccccc3c2-c2c1ccc1ccccc21. The Kier molecular flexibility index (Phi) is 3.19. The van der Waals surface area contributed by atoms with E-state index in [0.717, 1.165) is 16.7 Å². The lowest BCUT2D eigenvalue weighted by atomic mass is 9.94. The van der Waals surface area contributed by atoms with Gasteiger partial charge in [0, 0.05) is 6.08 Å². The molecule has 2 heteroatoms. The highest BCUT2D eigenvalue weighted by molar-refractivity contribution is 6.19. The maximum Gasteiger partial charge on any atom is 0.331 e. The van der Waals surface area contributed by atoms with Crippen molar-refractivity contribution in [3.8, 4) is 11.1 Å². The molecule has 0 saturated heterocycles. The van der Waals surface area contributed by atoms with Gasteiger partial charge in [-0.1, -0.05) is 72.8 Å². The van der Waals surface area contributed by atoms with Gasteiger partial charge < -0.3 is 4.74 Å². The molecule has 1 aliphatic carbocycles. The second kappa shape index (κ2) is 5.57. The molecule has 2 nitrogen and oxygen atoms in total. The number of carbonyl (C=O) groups is 1. The van der Waals surface area contributed by atoms with Crippen molar-refractivity contribution in [2.75, 3.05) is 7.11 Å². The number of methoxy groups -OCH3 is 1. The van der Waals surface area contributed by atoms with Crippen LogP contribution in [0.25, 0.3) is 38.2 Å². The summed E-state index contributed by atoms with van der Waals surface area (Å²) in [6.45, 7) is 0. The summed E-state index contributed by atoms with van der Waals surface area (Å²) in [5, 5.41) is 4.81. The highest BCUT2D eigenvalue weighted by atomic mass is 16.5. The normalized spacial score (nSPS) is 12.1. The molecule has 26 heavy (non-hydrogen) atoms. The number of hydrogen-bond donors (Lipinski definition) is 0. The monoisotopic (exact) mass is 336 g/mol. The minimum atomic E-state index is -0.333. The molecule has 124 valence electrons. The van der Waals surface area contributed by atoms with Crippen LogP contribution in [0.5, 0.6) is 0 Å². The molecule has 0 saturated carbocycles. The number of fused-ring (bicyclic) bond motifs is 7. The molecule has 0 unspecified atom stereocenters. The van der Waals surface area contributed by atoms with E-state index >= 15 is 0 Å². The molecule has 4 aromatic carbocycles. The second-order valence-corrected chi connectivity index (χ2v) is 6.50. The predicted molar refractivity (Wildman–Crippen MR) is 106 cm³/mol. The van der Waals surface area contributed by atoms with Gasteiger partial charge in [-0.05, 0) is 49.4 Å². The average Bonchev–Trinajstić information content (AvgIpc) is 3.02. The lowest BCUT2D eigenvalue weighted by molar-refractivity contribution is -0.134. The Balaban J connectivity index is 1.98. The molecule has 0 N–H and O–H groups in total. The van der Waals surface area contributed by atoms with Gasteiger partial charge in [-0.3, -0.25) is 0 Å². The molecule has 0 radical (unpaired) electrons. The summed E-state index contributed by atoms with van der Waals surface area (Å²) in [4.78, 5) is 12.0. The van der Waals surface area contributed by atoms with Crippen LogP contribution < -0.4 is 0 Å². The third-order valence-electron chi connectivity index (χ3n) is 5.15. The zero-order valence-electron chi connectivity index (χ0n) is 14.3. The standard InChI is InChI=1S/C24H16O2/c1-26-22(25)14-21-19-12-10-15-6-2-4-8-17(15)23(19)24-18-9-5-3-7-16(18)11-13-20(21)24/h2-14H,1H3. The first-order valence-electron chi connectivity index (χ1n) is 8.62. The fraction of sp³-hybridized carbons (Fsp3) is 0.0417. The van der Waals surface area contributed by atoms with Crippen LogP contribution in [0.2, 0.25) is 0 Å². The molecule has 0 heterocycles. The minimum absolute atomic E-state index is 0.333. The number of carbonyl (C=O) groups excluding carboxylic acids is 1. The summed E-state index contributed by atoms with van der Waals surface area (Å²) >= 11 is 0. The Morgan fingerprint density at radius 1 is 0.731 bits per heavy atom. The summed E-state index contributed by atoms with van der Waals surface area (Å²) < 4.78 is 4.90. The largest absolute Gasteiger partial charge is 0.466 e. The van der Waals surface area contributed by atoms with Crippen molar-refractivity contribution in [3.05, 3.63) is 90.0 Å². The van der Waals surface area contributed by atoms with Gasteiger partial charge in [-0.2, -0.15) is 0 Å². The Morgan fingerprint density at radius 3 is 1.73 bits per heavy atom. The maximum atomic E-state index is 12.0. The summed E-state index contributed by atoms with van der Waals surface area (Å²) in [6.07, 6.45) is 1.61. The van der Waals surface area contributed by atoms with Crippen LogP contribution in [0.1, 0.15) is 11.1 Å². The number of esters is 1. The fourth-order valence-electron chi connectivity index (χ4n) is 4.01. The lowest BCUT2D eigenvalue weighted by Gasteiger charge is -2.09. The molecule has 0 spiro atoms. The molecule has 0 aliphatic heterocycles. The molecule has 0 bridgehead atoms. The van der Waals surface area contributed by atoms with Crippen LogP contribution in [-0.4, -0.2) is 13.1 Å². The molecule has 0 fully saturated rings. The van der Waals surface area contributed by atoms with Crippen molar-refractivity contribution >= 4 is 33.1 Å². The first-order chi connectivity index (χ1) is 12.8. The van der Waals surface area contributed by atoms with E-state index in [0.29, 0.717) is 0 Å².